The van der Waals surface area contributed by atoms with E-state index in [0.717, 1.165) is 167 Å². The fourth-order valence-corrected chi connectivity index (χ4v) is 10.4. The summed E-state index contributed by atoms with van der Waals surface area (Å²) in [6, 6.07) is 0. The number of phosphoric ester groups is 2. The van der Waals surface area contributed by atoms with Crippen LogP contribution < -0.4 is 0 Å². The number of unbranched alkanes of at least 4 members (excludes halogenated alkanes) is 22. The van der Waals surface area contributed by atoms with Crippen LogP contribution in [0.3, 0.4) is 0 Å². The Bertz CT molecular complexity index is 2140. The zero-order valence-electron chi connectivity index (χ0n) is 56.5. The fourth-order valence-electron chi connectivity index (χ4n) is 8.81. The van der Waals surface area contributed by atoms with Gasteiger partial charge in [0.15, 0.2) is 6.10 Å². The van der Waals surface area contributed by atoms with Gasteiger partial charge < -0.3 is 34.2 Å². The third-order valence-electron chi connectivity index (χ3n) is 14.1. The lowest BCUT2D eigenvalue weighted by atomic mass is 10.1. The first kappa shape index (κ1) is 87.0. The maximum atomic E-state index is 12.9. The standard InChI is InChI=1S/C73H124O16P2/c1-4-7-10-13-16-19-22-25-28-29-30-31-32-33-34-35-36-37-40-42-44-47-50-53-56-59-71(76)83-62-68(74)63-85-90(79,80)86-64-69(75)65-87-91(81,82)88-67-70(89-73(78)61-58-55-52-49-46-43-39-27-24-21-18-15-12-9-6-3)66-84-72(77)60-57-54-51-48-45-41-38-26-23-20-17-14-11-8-5-2/h7,10,16-21,25-28,30-31,33-34,36-39,68-70,74-75H,4-6,8-9,11-15,22-24,29,32,35,40-67H2,1-3H3,(H,79,80)(H,81,82)/b10-7-,19-16-,20-17-,21-18-,28-25-,31-30-,34-33-,37-36-,38-26-,39-27-. The Morgan fingerprint density at radius 2 is 0.582 bits per heavy atom. The lowest BCUT2D eigenvalue weighted by molar-refractivity contribution is -0.161. The number of esters is 3. The van der Waals surface area contributed by atoms with Gasteiger partial charge in [-0.25, -0.2) is 9.13 Å². The van der Waals surface area contributed by atoms with E-state index in [-0.39, 0.29) is 19.3 Å². The molecule has 0 saturated carbocycles. The van der Waals surface area contributed by atoms with Gasteiger partial charge in [-0.1, -0.05) is 232 Å². The number of carbonyl (C=O) groups is 3. The van der Waals surface area contributed by atoms with Crippen molar-refractivity contribution in [1.82, 2.24) is 0 Å². The molecule has 91 heavy (non-hydrogen) atoms. The van der Waals surface area contributed by atoms with Crippen LogP contribution in [0.4, 0.5) is 0 Å². The monoisotopic (exact) mass is 1320 g/mol. The van der Waals surface area contributed by atoms with Crippen LogP contribution in [0, 0.1) is 0 Å². The van der Waals surface area contributed by atoms with Crippen LogP contribution in [-0.2, 0) is 55.8 Å². The number of carbonyl (C=O) groups excluding carboxylic acids is 3. The summed E-state index contributed by atoms with van der Waals surface area (Å²) in [5, 5.41) is 20.6. The minimum atomic E-state index is -4.93. The van der Waals surface area contributed by atoms with Gasteiger partial charge in [0.05, 0.1) is 26.4 Å². The average molecular weight is 1320 g/mol. The van der Waals surface area contributed by atoms with Gasteiger partial charge in [0.2, 0.25) is 0 Å². The van der Waals surface area contributed by atoms with Crippen molar-refractivity contribution in [2.45, 2.75) is 283 Å². The van der Waals surface area contributed by atoms with E-state index in [4.69, 9.17) is 32.3 Å². The smallest absolute Gasteiger partial charge is 0.463 e. The van der Waals surface area contributed by atoms with E-state index in [9.17, 15) is 43.5 Å². The van der Waals surface area contributed by atoms with Gasteiger partial charge in [0.1, 0.15) is 25.4 Å². The minimum absolute atomic E-state index is 0.0833. The van der Waals surface area contributed by atoms with Crippen molar-refractivity contribution < 1.29 is 75.8 Å². The molecule has 0 amide bonds. The topological polar surface area (TPSA) is 231 Å². The van der Waals surface area contributed by atoms with E-state index >= 15 is 0 Å². The van der Waals surface area contributed by atoms with Crippen LogP contribution in [0.25, 0.3) is 0 Å². The molecular formula is C73H124O16P2. The van der Waals surface area contributed by atoms with Crippen molar-refractivity contribution in [2.75, 3.05) is 39.6 Å². The van der Waals surface area contributed by atoms with Gasteiger partial charge in [0, 0.05) is 19.3 Å². The van der Waals surface area contributed by atoms with Crippen molar-refractivity contribution in [1.29, 1.82) is 0 Å². The molecule has 0 bridgehead atoms. The predicted molar refractivity (Wildman–Crippen MR) is 371 cm³/mol. The Kier molecular flexibility index (Phi) is 63.1. The SMILES string of the molecule is CC/C=C\C/C=C\C/C=C\C/C=C\C/C=C\C/C=C\CCCCCCCCC(=O)OCC(O)COP(=O)(O)OCC(O)COP(=O)(O)OCC(COC(=O)CCCCCCC/C=C\C/C=C\CCCCC)OC(=O)CCCCCCC/C=C\C/C=C\CCCCC. The second-order valence-electron chi connectivity index (χ2n) is 22.9. The zero-order valence-corrected chi connectivity index (χ0v) is 58.3. The molecule has 0 aliphatic heterocycles. The third kappa shape index (κ3) is 67.2. The molecule has 522 valence electrons. The first-order valence-corrected chi connectivity index (χ1v) is 37.8. The second kappa shape index (κ2) is 66.0. The molecule has 0 heterocycles. The molecule has 0 aliphatic carbocycles. The summed E-state index contributed by atoms with van der Waals surface area (Å²) in [7, 11) is -9.79. The molecule has 0 spiro atoms. The van der Waals surface area contributed by atoms with Crippen LogP contribution in [0.15, 0.2) is 122 Å². The number of phosphoric acid groups is 2. The first-order valence-electron chi connectivity index (χ1n) is 34.8. The summed E-state index contributed by atoms with van der Waals surface area (Å²) in [5.41, 5.74) is 0. The molecule has 0 saturated heterocycles. The molecule has 0 rings (SSSR count). The van der Waals surface area contributed by atoms with Crippen molar-refractivity contribution in [3.05, 3.63) is 122 Å². The van der Waals surface area contributed by atoms with E-state index in [0.29, 0.717) is 19.3 Å². The second-order valence-corrected chi connectivity index (χ2v) is 25.8. The average Bonchev–Trinajstić information content (AvgIpc) is 3.08. The molecule has 16 nitrogen and oxygen atoms in total. The summed E-state index contributed by atoms with van der Waals surface area (Å²) in [6.45, 7) is 2.44. The molecule has 0 radical (unpaired) electrons. The number of hydrogen-bond donors (Lipinski definition) is 4. The zero-order chi connectivity index (χ0) is 66.7. The molecule has 0 aromatic heterocycles. The number of hydrogen-bond acceptors (Lipinski definition) is 14. The van der Waals surface area contributed by atoms with Gasteiger partial charge in [-0.15, -0.1) is 0 Å². The maximum absolute atomic E-state index is 12.9. The lowest BCUT2D eigenvalue weighted by Gasteiger charge is -2.21. The highest BCUT2D eigenvalue weighted by Crippen LogP contribution is 2.45. The highest BCUT2D eigenvalue weighted by Gasteiger charge is 2.29. The van der Waals surface area contributed by atoms with Crippen LogP contribution in [0.1, 0.15) is 265 Å². The van der Waals surface area contributed by atoms with Gasteiger partial charge in [-0.3, -0.25) is 32.5 Å². The van der Waals surface area contributed by atoms with Gasteiger partial charge >= 0.3 is 33.6 Å². The number of aliphatic hydroxyl groups excluding tert-OH is 2. The Morgan fingerprint density at radius 3 is 0.923 bits per heavy atom. The highest BCUT2D eigenvalue weighted by molar-refractivity contribution is 7.47. The summed E-state index contributed by atoms with van der Waals surface area (Å²) >= 11 is 0. The molecule has 0 aromatic rings. The van der Waals surface area contributed by atoms with Crippen LogP contribution in [0.2, 0.25) is 0 Å². The third-order valence-corrected chi connectivity index (χ3v) is 16.0. The Hall–Kier alpha value is -4.05. The maximum Gasteiger partial charge on any atom is 0.472 e. The van der Waals surface area contributed by atoms with Crippen molar-refractivity contribution in [2.24, 2.45) is 0 Å². The van der Waals surface area contributed by atoms with E-state index in [1.54, 1.807) is 0 Å². The van der Waals surface area contributed by atoms with E-state index in [2.05, 4.69) is 142 Å². The number of ether oxygens (including phenoxy) is 3. The van der Waals surface area contributed by atoms with Gasteiger partial charge in [-0.05, 0) is 135 Å². The minimum Gasteiger partial charge on any atom is -0.463 e. The summed E-state index contributed by atoms with van der Waals surface area (Å²) in [6.07, 6.45) is 75.3. The Morgan fingerprint density at radius 1 is 0.319 bits per heavy atom. The molecular weight excluding hydrogens is 1190 g/mol. The summed E-state index contributed by atoms with van der Waals surface area (Å²) < 4.78 is 60.9. The quantitative estimate of drug-likeness (QED) is 0.0146. The summed E-state index contributed by atoms with van der Waals surface area (Å²) in [4.78, 5) is 58.4. The van der Waals surface area contributed by atoms with Crippen molar-refractivity contribution in [3.8, 4) is 0 Å². The molecule has 0 fully saturated rings. The van der Waals surface area contributed by atoms with Crippen LogP contribution in [-0.4, -0.2) is 95.9 Å². The lowest BCUT2D eigenvalue weighted by Crippen LogP contribution is -2.30. The highest BCUT2D eigenvalue weighted by atomic mass is 31.2. The van der Waals surface area contributed by atoms with Gasteiger partial charge in [-0.2, -0.15) is 0 Å². The summed E-state index contributed by atoms with van der Waals surface area (Å²) in [5.74, 6) is -1.62. The van der Waals surface area contributed by atoms with Crippen LogP contribution >= 0.6 is 15.6 Å². The number of rotatable bonds is 65. The van der Waals surface area contributed by atoms with Crippen molar-refractivity contribution in [3.63, 3.8) is 0 Å². The Labute approximate surface area is 551 Å². The molecule has 5 atom stereocenters. The molecule has 5 unspecified atom stereocenters. The molecule has 0 aliphatic rings. The normalized spacial score (nSPS) is 14.9. The largest absolute Gasteiger partial charge is 0.472 e. The molecule has 4 N–H and O–H groups in total. The number of allylic oxidation sites excluding steroid dienone is 20. The predicted octanol–water partition coefficient (Wildman–Crippen LogP) is 19.4. The molecule has 0 aromatic carbocycles. The van der Waals surface area contributed by atoms with Crippen LogP contribution in [0.5, 0.6) is 0 Å². The van der Waals surface area contributed by atoms with E-state index in [1.165, 1.54) is 38.5 Å². The molecule has 18 heteroatoms. The fraction of sp³-hybridized carbons (Fsp3) is 0.685. The van der Waals surface area contributed by atoms with Crippen molar-refractivity contribution >= 4 is 33.6 Å². The van der Waals surface area contributed by atoms with Gasteiger partial charge in [0.25, 0.3) is 0 Å². The number of aliphatic hydroxyl groups is 2. The van der Waals surface area contributed by atoms with E-state index in [1.807, 2.05) is 0 Å². The van der Waals surface area contributed by atoms with E-state index < -0.39 is 91.5 Å². The first-order chi connectivity index (χ1) is 44.2. The Balaban J connectivity index is 4.61.